The van der Waals surface area contributed by atoms with E-state index < -0.39 is 5.97 Å². The van der Waals surface area contributed by atoms with Crippen LogP contribution in [0.15, 0.2) is 42.5 Å². The highest BCUT2D eigenvalue weighted by atomic mass is 16.4. The molecule has 4 rings (SSSR count). The number of para-hydroxylation sites is 1. The van der Waals surface area contributed by atoms with Gasteiger partial charge >= 0.3 is 5.97 Å². The number of carbonyl (C=O) groups is 2. The lowest BCUT2D eigenvalue weighted by atomic mass is 9.86. The topological polar surface area (TPSA) is 97.1 Å². The van der Waals surface area contributed by atoms with Crippen LogP contribution in [-0.2, 0) is 4.79 Å². The normalized spacial score (nSPS) is 19.5. The summed E-state index contributed by atoms with van der Waals surface area (Å²) in [4.78, 5) is 28.4. The van der Waals surface area contributed by atoms with Crippen molar-refractivity contribution < 1.29 is 14.7 Å². The van der Waals surface area contributed by atoms with Crippen LogP contribution in [0.1, 0.15) is 41.9 Å². The van der Waals surface area contributed by atoms with E-state index in [9.17, 15) is 9.59 Å². The second-order valence-corrected chi connectivity index (χ2v) is 7.26. The summed E-state index contributed by atoms with van der Waals surface area (Å²) >= 11 is 0. The van der Waals surface area contributed by atoms with Gasteiger partial charge in [0, 0.05) is 11.4 Å². The number of carbonyl (C=O) groups excluding carboxylic acids is 1. The molecule has 0 aliphatic heterocycles. The van der Waals surface area contributed by atoms with E-state index in [1.807, 2.05) is 43.3 Å². The summed E-state index contributed by atoms with van der Waals surface area (Å²) in [5, 5.41) is 17.6. The van der Waals surface area contributed by atoms with Gasteiger partial charge in [-0.3, -0.25) is 9.59 Å². The third-order valence-corrected chi connectivity index (χ3v) is 5.36. The average molecular weight is 378 g/mol. The molecule has 1 aliphatic rings. The molecule has 1 amide bonds. The molecule has 0 radical (unpaired) electrons. The Morgan fingerprint density at radius 3 is 2.46 bits per heavy atom. The van der Waals surface area contributed by atoms with Crippen molar-refractivity contribution in [1.82, 2.24) is 20.1 Å². The highest BCUT2D eigenvalue weighted by Crippen LogP contribution is 2.25. The summed E-state index contributed by atoms with van der Waals surface area (Å²) in [7, 11) is 0. The van der Waals surface area contributed by atoms with Gasteiger partial charge in [-0.2, -0.15) is 5.10 Å². The molecule has 0 bridgehead atoms. The number of fused-ring (bicyclic) bond motifs is 1. The van der Waals surface area contributed by atoms with Gasteiger partial charge < -0.3 is 10.4 Å². The number of aryl methyl sites for hydroxylation is 1. The quantitative estimate of drug-likeness (QED) is 0.727. The standard InChI is InChI=1S/C21H22N4O3/c1-13-17-11-12-18(20(26)22-15-9-7-14(8-10-15)21(27)28)23-19(17)25(24-13)16-5-3-2-4-6-16/h2-6,11-12,14-15H,7-10H2,1H3,(H,22,26)(H,27,28). The zero-order chi connectivity index (χ0) is 19.7. The molecule has 3 aromatic rings. The van der Waals surface area contributed by atoms with Crippen LogP contribution in [0.2, 0.25) is 0 Å². The molecular formula is C21H22N4O3. The van der Waals surface area contributed by atoms with Crippen molar-refractivity contribution in [2.24, 2.45) is 5.92 Å². The number of amides is 1. The van der Waals surface area contributed by atoms with Crippen molar-refractivity contribution in [3.63, 3.8) is 0 Å². The summed E-state index contributed by atoms with van der Waals surface area (Å²) in [5.74, 6) is -1.29. The van der Waals surface area contributed by atoms with Crippen molar-refractivity contribution >= 4 is 22.9 Å². The molecule has 1 fully saturated rings. The molecule has 2 aromatic heterocycles. The number of carboxylic acid groups (broad SMARTS) is 1. The third kappa shape index (κ3) is 3.47. The number of hydrogen-bond donors (Lipinski definition) is 2. The van der Waals surface area contributed by atoms with Crippen molar-refractivity contribution in [3.8, 4) is 5.69 Å². The zero-order valence-electron chi connectivity index (χ0n) is 15.6. The molecule has 28 heavy (non-hydrogen) atoms. The Kier molecular flexibility index (Phi) is 4.81. The van der Waals surface area contributed by atoms with Crippen LogP contribution in [0.3, 0.4) is 0 Å². The molecule has 144 valence electrons. The van der Waals surface area contributed by atoms with E-state index >= 15 is 0 Å². The summed E-state index contributed by atoms with van der Waals surface area (Å²) in [6, 6.07) is 13.3. The summed E-state index contributed by atoms with van der Waals surface area (Å²) in [6.45, 7) is 1.92. The fraction of sp³-hybridized carbons (Fsp3) is 0.333. The van der Waals surface area contributed by atoms with Gasteiger partial charge in [-0.15, -0.1) is 0 Å². The van der Waals surface area contributed by atoms with Crippen LogP contribution in [0.4, 0.5) is 0 Å². The number of nitrogens with one attached hydrogen (secondary N) is 1. The first-order valence-electron chi connectivity index (χ1n) is 9.48. The monoisotopic (exact) mass is 378 g/mol. The van der Waals surface area contributed by atoms with Gasteiger partial charge in [-0.25, -0.2) is 9.67 Å². The van der Waals surface area contributed by atoms with Gasteiger partial charge in [-0.05, 0) is 56.9 Å². The predicted octanol–water partition coefficient (Wildman–Crippen LogP) is 3.10. The molecule has 7 nitrogen and oxygen atoms in total. The van der Waals surface area contributed by atoms with Gasteiger partial charge in [0.25, 0.3) is 5.91 Å². The van der Waals surface area contributed by atoms with E-state index in [1.54, 1.807) is 10.7 Å². The van der Waals surface area contributed by atoms with Crippen LogP contribution in [0, 0.1) is 12.8 Å². The number of pyridine rings is 1. The van der Waals surface area contributed by atoms with Crippen LogP contribution >= 0.6 is 0 Å². The zero-order valence-corrected chi connectivity index (χ0v) is 15.6. The fourth-order valence-corrected chi connectivity index (χ4v) is 3.76. The summed E-state index contributed by atoms with van der Waals surface area (Å²) in [6.07, 6.45) is 2.53. The second kappa shape index (κ2) is 7.42. The number of hydrogen-bond acceptors (Lipinski definition) is 4. The van der Waals surface area contributed by atoms with Gasteiger partial charge in [0.2, 0.25) is 0 Å². The number of carboxylic acids is 1. The number of benzene rings is 1. The average Bonchev–Trinajstić information content (AvgIpc) is 3.05. The largest absolute Gasteiger partial charge is 0.481 e. The van der Waals surface area contributed by atoms with Crippen molar-refractivity contribution in [2.45, 2.75) is 38.6 Å². The lowest BCUT2D eigenvalue weighted by molar-refractivity contribution is -0.142. The third-order valence-electron chi connectivity index (χ3n) is 5.36. The first-order chi connectivity index (χ1) is 13.5. The number of nitrogens with zero attached hydrogens (tertiary/aromatic N) is 3. The Hall–Kier alpha value is -3.22. The van der Waals surface area contributed by atoms with Crippen LogP contribution in [0.25, 0.3) is 16.7 Å². The summed E-state index contributed by atoms with van der Waals surface area (Å²) in [5.41, 5.74) is 2.72. The molecule has 1 aromatic carbocycles. The number of aromatic nitrogens is 3. The minimum Gasteiger partial charge on any atom is -0.481 e. The molecular weight excluding hydrogens is 356 g/mol. The Morgan fingerprint density at radius 2 is 1.79 bits per heavy atom. The predicted molar refractivity (Wildman–Crippen MR) is 104 cm³/mol. The molecule has 0 unspecified atom stereocenters. The summed E-state index contributed by atoms with van der Waals surface area (Å²) < 4.78 is 1.75. The van der Waals surface area contributed by atoms with E-state index in [1.165, 1.54) is 0 Å². The maximum atomic E-state index is 12.7. The molecule has 2 heterocycles. The first-order valence-corrected chi connectivity index (χ1v) is 9.48. The van der Waals surface area contributed by atoms with Crippen LogP contribution < -0.4 is 5.32 Å². The Balaban J connectivity index is 1.56. The smallest absolute Gasteiger partial charge is 0.306 e. The van der Waals surface area contributed by atoms with E-state index in [2.05, 4.69) is 15.4 Å². The molecule has 0 saturated heterocycles. The van der Waals surface area contributed by atoms with Crippen LogP contribution in [-0.4, -0.2) is 37.8 Å². The lowest BCUT2D eigenvalue weighted by Crippen LogP contribution is -2.39. The Bertz CT molecular complexity index is 1020. The molecule has 7 heteroatoms. The van der Waals surface area contributed by atoms with Crippen molar-refractivity contribution in [3.05, 3.63) is 53.9 Å². The van der Waals surface area contributed by atoms with E-state index in [-0.39, 0.29) is 17.9 Å². The Morgan fingerprint density at radius 1 is 1.07 bits per heavy atom. The van der Waals surface area contributed by atoms with Gasteiger partial charge in [0.1, 0.15) is 5.69 Å². The van der Waals surface area contributed by atoms with Gasteiger partial charge in [0.15, 0.2) is 5.65 Å². The highest BCUT2D eigenvalue weighted by Gasteiger charge is 2.27. The molecule has 1 saturated carbocycles. The fourth-order valence-electron chi connectivity index (χ4n) is 3.76. The minimum atomic E-state index is -0.749. The van der Waals surface area contributed by atoms with Crippen LogP contribution in [0.5, 0.6) is 0 Å². The SMILES string of the molecule is Cc1nn(-c2ccccc2)c2nc(C(=O)NC3CCC(C(=O)O)CC3)ccc12. The first kappa shape index (κ1) is 18.2. The van der Waals surface area contributed by atoms with Gasteiger partial charge in [-0.1, -0.05) is 18.2 Å². The van der Waals surface area contributed by atoms with Gasteiger partial charge in [0.05, 0.1) is 17.3 Å². The van der Waals surface area contributed by atoms with E-state index in [0.717, 1.165) is 16.8 Å². The molecule has 0 spiro atoms. The van der Waals surface area contributed by atoms with Crippen molar-refractivity contribution in [1.29, 1.82) is 0 Å². The number of rotatable bonds is 4. The van der Waals surface area contributed by atoms with E-state index in [0.29, 0.717) is 37.0 Å². The second-order valence-electron chi connectivity index (χ2n) is 7.26. The van der Waals surface area contributed by atoms with Crippen molar-refractivity contribution in [2.75, 3.05) is 0 Å². The minimum absolute atomic E-state index is 0.0126. The molecule has 2 N–H and O–H groups in total. The lowest BCUT2D eigenvalue weighted by Gasteiger charge is -2.26. The maximum Gasteiger partial charge on any atom is 0.306 e. The Labute approximate surface area is 162 Å². The molecule has 1 aliphatic carbocycles. The maximum absolute atomic E-state index is 12.7. The van der Waals surface area contributed by atoms with E-state index in [4.69, 9.17) is 5.11 Å². The highest BCUT2D eigenvalue weighted by molar-refractivity contribution is 5.95. The molecule has 0 atom stereocenters. The number of aliphatic carboxylic acids is 1.